The number of carbonyl (C=O) groups is 4. The average Bonchev–Trinajstić information content (AvgIpc) is 3.33. The van der Waals surface area contributed by atoms with E-state index in [1.165, 1.54) is 12.3 Å². The molecule has 2 aromatic heterocycles. The lowest BCUT2D eigenvalue weighted by molar-refractivity contribution is -0.138. The van der Waals surface area contributed by atoms with Gasteiger partial charge in [0.05, 0.1) is 72.9 Å². The lowest BCUT2D eigenvalue weighted by atomic mass is 9.89. The molecule has 1 aliphatic carbocycles. The highest BCUT2D eigenvalue weighted by molar-refractivity contribution is 7.80. The van der Waals surface area contributed by atoms with Crippen molar-refractivity contribution >= 4 is 52.3 Å². The average molecular weight is 813 g/mol. The second-order valence-electron chi connectivity index (χ2n) is 15.7. The summed E-state index contributed by atoms with van der Waals surface area (Å²) in [6.45, 7) is 8.58. The summed E-state index contributed by atoms with van der Waals surface area (Å²) in [5.74, 6) is -1.78. The van der Waals surface area contributed by atoms with Crippen LogP contribution in [0.1, 0.15) is 102 Å². The van der Waals surface area contributed by atoms with E-state index in [2.05, 4.69) is 39.3 Å². The van der Waals surface area contributed by atoms with Gasteiger partial charge in [-0.1, -0.05) is 0 Å². The molecule has 4 aliphatic rings. The van der Waals surface area contributed by atoms with E-state index in [4.69, 9.17) is 27.0 Å². The summed E-state index contributed by atoms with van der Waals surface area (Å²) in [6.07, 6.45) is 2.68. The minimum Gasteiger partial charge on any atom is -0.376 e. The number of halogens is 3. The topological polar surface area (TPSA) is 170 Å². The predicted molar refractivity (Wildman–Crippen MR) is 205 cm³/mol. The number of rotatable bonds is 11. The second kappa shape index (κ2) is 17.1. The first kappa shape index (κ1) is 42.0. The van der Waals surface area contributed by atoms with Crippen molar-refractivity contribution in [2.24, 2.45) is 0 Å². The quantitative estimate of drug-likeness (QED) is 0.181. The minimum absolute atomic E-state index is 0.00934. The minimum atomic E-state index is -4.83. The Morgan fingerprint density at radius 3 is 2.28 bits per heavy atom. The van der Waals surface area contributed by atoms with Crippen LogP contribution in [0.4, 0.5) is 24.5 Å². The molecule has 306 valence electrons. The van der Waals surface area contributed by atoms with Gasteiger partial charge in [0.1, 0.15) is 11.6 Å². The highest BCUT2D eigenvalue weighted by Crippen LogP contribution is 2.40. The Balaban J connectivity index is 0.918. The molecule has 14 nitrogen and oxygen atoms in total. The van der Waals surface area contributed by atoms with Gasteiger partial charge in [-0.05, 0) is 103 Å². The Labute approximate surface area is 334 Å². The Hall–Kier alpha value is -4.57. The molecule has 0 radical (unpaired) electrons. The van der Waals surface area contributed by atoms with E-state index >= 15 is 0 Å². The van der Waals surface area contributed by atoms with Gasteiger partial charge in [0.15, 0.2) is 10.8 Å². The third-order valence-electron chi connectivity index (χ3n) is 11.4. The third kappa shape index (κ3) is 9.27. The molecule has 3 saturated heterocycles. The van der Waals surface area contributed by atoms with E-state index < -0.39 is 34.8 Å². The highest BCUT2D eigenvalue weighted by Gasteiger charge is 2.53. The lowest BCUT2D eigenvalue weighted by Gasteiger charge is -2.42. The zero-order chi connectivity index (χ0) is 41.2. The number of amides is 4. The van der Waals surface area contributed by atoms with Gasteiger partial charge in [-0.3, -0.25) is 39.3 Å². The first-order valence-electron chi connectivity index (χ1n) is 19.2. The molecule has 4 amide bonds. The Bertz CT molecular complexity index is 1900. The van der Waals surface area contributed by atoms with Crippen LogP contribution in [0.15, 0.2) is 30.6 Å². The van der Waals surface area contributed by atoms with Gasteiger partial charge in [0.2, 0.25) is 17.7 Å². The molecule has 5 heterocycles. The Kier molecular flexibility index (Phi) is 12.6. The van der Waals surface area contributed by atoms with E-state index in [9.17, 15) is 32.3 Å². The molecule has 57 heavy (non-hydrogen) atoms. The summed E-state index contributed by atoms with van der Waals surface area (Å²) in [4.78, 5) is 63.2. The summed E-state index contributed by atoms with van der Waals surface area (Å²) in [7, 11) is 0. The lowest BCUT2D eigenvalue weighted by Crippen LogP contribution is -2.51. The summed E-state index contributed by atoms with van der Waals surface area (Å²) < 4.78 is 53.4. The van der Waals surface area contributed by atoms with Crippen molar-refractivity contribution in [3.8, 4) is 6.07 Å². The standard InChI is InChI=1S/C39H47F3N8O6S/c1-22-15-28(16-23(2)48(22)21-34(52)46-24-5-11-31(44-19-24)29-10-12-33(51)47-35(29)53)56-14-13-55-27-8-6-25(7-9-27)50-37(57)49(36(54)38(50,3)4)26-17-30(39(40,41)42)32(18-43)45-20-26/h5,11,17,19-20,22-23,25,27-29H,6-10,12-16,21H2,1-4H3,(H,46,52)(H,47,51,53)/t22-,23+,25-,27-,28?,29?. The molecule has 1 saturated carbocycles. The molecule has 18 heteroatoms. The molecule has 2 unspecified atom stereocenters. The van der Waals surface area contributed by atoms with Crippen LogP contribution in [0.25, 0.3) is 0 Å². The highest BCUT2D eigenvalue weighted by atomic mass is 32.1. The number of hydrogen-bond acceptors (Lipinski definition) is 11. The maximum atomic E-state index is 13.7. The SMILES string of the molecule is C[C@@H]1CC(OCCO[C@H]2CC[C@H](N3C(=S)N(c4cnc(C#N)c(C(F)(F)F)c4)C(=O)C3(C)C)CC2)C[C@H](C)N1CC(=O)Nc1ccc(C2CCC(=O)NC2=O)nc1. The summed E-state index contributed by atoms with van der Waals surface area (Å²) in [5, 5.41) is 14.5. The van der Waals surface area contributed by atoms with Crippen LogP contribution >= 0.6 is 12.2 Å². The number of pyridine rings is 2. The van der Waals surface area contributed by atoms with Crippen LogP contribution in [0.5, 0.6) is 0 Å². The largest absolute Gasteiger partial charge is 0.419 e. The van der Waals surface area contributed by atoms with Gasteiger partial charge in [-0.2, -0.15) is 18.4 Å². The molecule has 2 N–H and O–H groups in total. The van der Waals surface area contributed by atoms with Crippen molar-refractivity contribution in [3.05, 3.63) is 47.5 Å². The van der Waals surface area contributed by atoms with E-state index in [1.807, 2.05) is 4.90 Å². The third-order valence-corrected chi connectivity index (χ3v) is 11.8. The van der Waals surface area contributed by atoms with Crippen molar-refractivity contribution < 1.29 is 41.8 Å². The number of nitrogens with one attached hydrogen (secondary N) is 2. The monoisotopic (exact) mass is 812 g/mol. The Morgan fingerprint density at radius 2 is 1.68 bits per heavy atom. The van der Waals surface area contributed by atoms with Gasteiger partial charge in [-0.15, -0.1) is 0 Å². The number of nitrogens with zero attached hydrogens (tertiary/aromatic N) is 6. The smallest absolute Gasteiger partial charge is 0.376 e. The molecule has 4 fully saturated rings. The number of imide groups is 1. The molecule has 0 bridgehead atoms. The van der Waals surface area contributed by atoms with Gasteiger partial charge in [0.25, 0.3) is 5.91 Å². The summed E-state index contributed by atoms with van der Waals surface area (Å²) >= 11 is 5.69. The van der Waals surface area contributed by atoms with E-state index in [0.717, 1.165) is 30.0 Å². The number of aromatic nitrogens is 2. The van der Waals surface area contributed by atoms with Crippen LogP contribution in [0.3, 0.4) is 0 Å². The van der Waals surface area contributed by atoms with Crippen molar-refractivity contribution in [2.45, 2.75) is 127 Å². The zero-order valence-electron chi connectivity index (χ0n) is 32.3. The van der Waals surface area contributed by atoms with Crippen LogP contribution in [-0.4, -0.2) is 104 Å². The fourth-order valence-electron chi connectivity index (χ4n) is 8.47. The number of carbonyl (C=O) groups excluding carboxylic acids is 4. The van der Waals surface area contributed by atoms with Crippen molar-refractivity contribution in [1.82, 2.24) is 25.1 Å². The number of thiocarbonyl (C=S) groups is 1. The molecule has 0 aromatic carbocycles. The number of likely N-dealkylation sites (tertiary alicyclic amines) is 1. The number of hydrogen-bond donors (Lipinski definition) is 2. The van der Waals surface area contributed by atoms with Crippen molar-refractivity contribution in [3.63, 3.8) is 0 Å². The number of anilines is 2. The zero-order valence-corrected chi connectivity index (χ0v) is 33.1. The van der Waals surface area contributed by atoms with E-state index in [-0.39, 0.29) is 71.8 Å². The molecule has 4 atom stereocenters. The fraction of sp³-hybridized carbons (Fsp3) is 0.590. The molecule has 2 aromatic rings. The number of alkyl halides is 3. The molecular weight excluding hydrogens is 766 g/mol. The van der Waals surface area contributed by atoms with Gasteiger partial charge in [0, 0.05) is 24.5 Å². The fourth-order valence-corrected chi connectivity index (χ4v) is 9.03. The number of piperidine rings is 2. The van der Waals surface area contributed by atoms with Crippen LogP contribution in [0.2, 0.25) is 0 Å². The van der Waals surface area contributed by atoms with Gasteiger partial charge < -0.3 is 19.7 Å². The van der Waals surface area contributed by atoms with Gasteiger partial charge in [-0.25, -0.2) is 4.98 Å². The Morgan fingerprint density at radius 1 is 1.02 bits per heavy atom. The maximum absolute atomic E-state index is 13.7. The molecule has 6 rings (SSSR count). The van der Waals surface area contributed by atoms with E-state index in [1.54, 1.807) is 26.0 Å². The van der Waals surface area contributed by atoms with Crippen LogP contribution in [0, 0.1) is 11.3 Å². The molecular formula is C39H47F3N8O6S. The normalized spacial score (nSPS) is 27.0. The first-order valence-corrected chi connectivity index (χ1v) is 19.6. The summed E-state index contributed by atoms with van der Waals surface area (Å²) in [5.41, 5.74) is -2.15. The van der Waals surface area contributed by atoms with Crippen LogP contribution in [-0.2, 0) is 34.8 Å². The number of nitriles is 1. The molecule has 0 spiro atoms. The molecule has 3 aliphatic heterocycles. The van der Waals surface area contributed by atoms with Crippen LogP contribution < -0.4 is 15.5 Å². The van der Waals surface area contributed by atoms with Crippen molar-refractivity contribution in [1.29, 1.82) is 5.26 Å². The predicted octanol–water partition coefficient (Wildman–Crippen LogP) is 4.82. The first-order chi connectivity index (χ1) is 27.0. The summed E-state index contributed by atoms with van der Waals surface area (Å²) in [6, 6.07) is 5.68. The van der Waals surface area contributed by atoms with Crippen molar-refractivity contribution in [2.75, 3.05) is 30.0 Å². The van der Waals surface area contributed by atoms with E-state index in [0.29, 0.717) is 56.7 Å². The second-order valence-corrected chi connectivity index (χ2v) is 16.1. The number of ether oxygens (including phenoxy) is 2. The van der Waals surface area contributed by atoms with Gasteiger partial charge >= 0.3 is 6.18 Å². The maximum Gasteiger partial charge on any atom is 0.419 e.